The van der Waals surface area contributed by atoms with Gasteiger partial charge in [-0.1, -0.05) is 0 Å². The fourth-order valence-electron chi connectivity index (χ4n) is 2.33. The van der Waals surface area contributed by atoms with Crippen LogP contribution in [0, 0.1) is 13.8 Å². The minimum absolute atomic E-state index is 0.446. The van der Waals surface area contributed by atoms with Gasteiger partial charge in [-0.05, 0) is 49.2 Å². The molecule has 0 saturated heterocycles. The molecular formula is C16H16N2O3. The Kier molecular flexibility index (Phi) is 3.17. The minimum Gasteiger partial charge on any atom is -0.496 e. The lowest BCUT2D eigenvalue weighted by molar-refractivity contribution is 0.411. The van der Waals surface area contributed by atoms with Gasteiger partial charge < -0.3 is 14.5 Å². The monoisotopic (exact) mass is 284 g/mol. The van der Waals surface area contributed by atoms with Crippen LogP contribution in [-0.4, -0.2) is 12.1 Å². The minimum atomic E-state index is -0.446. The molecule has 1 heterocycles. The van der Waals surface area contributed by atoms with Crippen LogP contribution in [0.2, 0.25) is 0 Å². The lowest BCUT2D eigenvalue weighted by Gasteiger charge is -2.14. The van der Waals surface area contributed by atoms with Crippen LogP contribution in [0.5, 0.6) is 5.75 Å². The van der Waals surface area contributed by atoms with Crippen LogP contribution in [0.25, 0.3) is 11.1 Å². The molecule has 0 aliphatic rings. The molecule has 0 atom stereocenters. The van der Waals surface area contributed by atoms with Gasteiger partial charge in [-0.2, -0.15) is 0 Å². The molecule has 0 bridgehead atoms. The molecule has 2 N–H and O–H groups in total. The number of aromatic nitrogens is 1. The van der Waals surface area contributed by atoms with Gasteiger partial charge in [0.25, 0.3) is 0 Å². The van der Waals surface area contributed by atoms with E-state index in [0.717, 1.165) is 28.3 Å². The first kappa shape index (κ1) is 13.3. The van der Waals surface area contributed by atoms with Gasteiger partial charge in [0.1, 0.15) is 5.75 Å². The summed E-state index contributed by atoms with van der Waals surface area (Å²) in [4.78, 5) is 13.8. The zero-order chi connectivity index (χ0) is 15.0. The van der Waals surface area contributed by atoms with E-state index < -0.39 is 5.76 Å². The van der Waals surface area contributed by atoms with E-state index in [4.69, 9.17) is 9.15 Å². The van der Waals surface area contributed by atoms with E-state index in [2.05, 4.69) is 10.3 Å². The van der Waals surface area contributed by atoms with E-state index in [1.54, 1.807) is 13.2 Å². The number of fused-ring (bicyclic) bond motifs is 1. The highest BCUT2D eigenvalue weighted by Gasteiger charge is 2.08. The third-order valence-electron chi connectivity index (χ3n) is 3.66. The van der Waals surface area contributed by atoms with Gasteiger partial charge in [-0.15, -0.1) is 0 Å². The summed E-state index contributed by atoms with van der Waals surface area (Å²) in [6.45, 7) is 4.06. The van der Waals surface area contributed by atoms with Crippen molar-refractivity contribution in [2.75, 3.05) is 12.4 Å². The number of H-pyrrole nitrogens is 1. The molecule has 5 heteroatoms. The average molecular weight is 284 g/mol. The Balaban J connectivity index is 1.98. The van der Waals surface area contributed by atoms with Crippen molar-refractivity contribution in [1.29, 1.82) is 0 Å². The van der Waals surface area contributed by atoms with Crippen LogP contribution < -0.4 is 15.8 Å². The topological polar surface area (TPSA) is 67.3 Å². The fourth-order valence-corrected chi connectivity index (χ4v) is 2.33. The second-order valence-electron chi connectivity index (χ2n) is 4.92. The Hall–Kier alpha value is -2.69. The third kappa shape index (κ3) is 2.38. The maximum absolute atomic E-state index is 11.2. The number of methoxy groups -OCH3 is 1. The molecule has 0 spiro atoms. The molecule has 0 unspecified atom stereocenters. The van der Waals surface area contributed by atoms with Crippen molar-refractivity contribution in [1.82, 2.24) is 4.98 Å². The van der Waals surface area contributed by atoms with Gasteiger partial charge >= 0.3 is 5.76 Å². The number of rotatable bonds is 3. The molecule has 0 aliphatic heterocycles. The van der Waals surface area contributed by atoms with Gasteiger partial charge in [0.05, 0.1) is 12.6 Å². The van der Waals surface area contributed by atoms with Crippen molar-refractivity contribution in [3.05, 3.63) is 52.0 Å². The largest absolute Gasteiger partial charge is 0.496 e. The number of benzene rings is 2. The molecule has 0 saturated carbocycles. The van der Waals surface area contributed by atoms with Crippen molar-refractivity contribution >= 4 is 22.5 Å². The number of anilines is 2. The van der Waals surface area contributed by atoms with E-state index in [9.17, 15) is 4.79 Å². The third-order valence-corrected chi connectivity index (χ3v) is 3.66. The molecule has 0 amide bonds. The van der Waals surface area contributed by atoms with Crippen molar-refractivity contribution in [2.24, 2.45) is 0 Å². The average Bonchev–Trinajstić information content (AvgIpc) is 2.83. The molecule has 0 radical (unpaired) electrons. The summed E-state index contributed by atoms with van der Waals surface area (Å²) in [6.07, 6.45) is 0. The van der Waals surface area contributed by atoms with Gasteiger partial charge in [-0.25, -0.2) is 4.79 Å². The van der Waals surface area contributed by atoms with Gasteiger partial charge in [-0.3, -0.25) is 4.98 Å². The summed E-state index contributed by atoms with van der Waals surface area (Å²) in [5.41, 5.74) is 5.28. The molecule has 108 valence electrons. The Morgan fingerprint density at radius 2 is 1.95 bits per heavy atom. The Labute approximate surface area is 121 Å². The lowest BCUT2D eigenvalue weighted by Crippen LogP contribution is -1.97. The highest BCUT2D eigenvalue weighted by Crippen LogP contribution is 2.30. The summed E-state index contributed by atoms with van der Waals surface area (Å²) in [6, 6.07) is 9.41. The van der Waals surface area contributed by atoms with E-state index in [1.807, 2.05) is 38.1 Å². The Bertz CT molecular complexity index is 862. The molecule has 1 aromatic heterocycles. The fraction of sp³-hybridized carbons (Fsp3) is 0.188. The quantitative estimate of drug-likeness (QED) is 0.772. The van der Waals surface area contributed by atoms with Crippen LogP contribution >= 0.6 is 0 Å². The van der Waals surface area contributed by atoms with Crippen LogP contribution in [0.1, 0.15) is 11.1 Å². The highest BCUT2D eigenvalue weighted by molar-refractivity contribution is 5.79. The molecular weight excluding hydrogens is 268 g/mol. The second-order valence-corrected chi connectivity index (χ2v) is 4.92. The standard InChI is InChI=1S/C16H16N2O3/c1-9-10(2)14(20-3)7-6-12(9)17-11-4-5-13-15(8-11)21-16(19)18-13/h4-8,17H,1-3H3,(H,18,19). The molecule has 3 aromatic rings. The van der Waals surface area contributed by atoms with Crippen LogP contribution in [-0.2, 0) is 0 Å². The predicted molar refractivity (Wildman–Crippen MR) is 82.6 cm³/mol. The van der Waals surface area contributed by atoms with Gasteiger partial charge in [0.2, 0.25) is 0 Å². The molecule has 2 aromatic carbocycles. The van der Waals surface area contributed by atoms with Crippen LogP contribution in [0.4, 0.5) is 11.4 Å². The zero-order valence-corrected chi connectivity index (χ0v) is 12.1. The maximum Gasteiger partial charge on any atom is 0.417 e. The van der Waals surface area contributed by atoms with Crippen molar-refractivity contribution < 1.29 is 9.15 Å². The predicted octanol–water partition coefficient (Wildman–Crippen LogP) is 3.49. The normalized spacial score (nSPS) is 10.8. The SMILES string of the molecule is COc1ccc(Nc2ccc3[nH]c(=O)oc3c2)c(C)c1C. The second kappa shape index (κ2) is 5.01. The molecule has 3 rings (SSSR count). The maximum atomic E-state index is 11.2. The molecule has 0 aliphatic carbocycles. The lowest BCUT2D eigenvalue weighted by atomic mass is 10.1. The highest BCUT2D eigenvalue weighted by atomic mass is 16.5. The van der Waals surface area contributed by atoms with E-state index >= 15 is 0 Å². The first-order valence-corrected chi connectivity index (χ1v) is 6.62. The summed E-state index contributed by atoms with van der Waals surface area (Å²) >= 11 is 0. The molecule has 21 heavy (non-hydrogen) atoms. The van der Waals surface area contributed by atoms with Crippen molar-refractivity contribution in [3.8, 4) is 5.75 Å². The summed E-state index contributed by atoms with van der Waals surface area (Å²) in [5.74, 6) is 0.420. The molecule has 0 fully saturated rings. The first-order valence-electron chi connectivity index (χ1n) is 6.62. The Morgan fingerprint density at radius 1 is 1.14 bits per heavy atom. The number of oxazole rings is 1. The van der Waals surface area contributed by atoms with Crippen molar-refractivity contribution in [3.63, 3.8) is 0 Å². The smallest absolute Gasteiger partial charge is 0.417 e. The first-order chi connectivity index (χ1) is 10.1. The van der Waals surface area contributed by atoms with Crippen LogP contribution in [0.15, 0.2) is 39.5 Å². The summed E-state index contributed by atoms with van der Waals surface area (Å²) in [7, 11) is 1.66. The van der Waals surface area contributed by atoms with Gasteiger partial charge in [0, 0.05) is 17.4 Å². The van der Waals surface area contributed by atoms with E-state index in [0.29, 0.717) is 11.1 Å². The number of aromatic amines is 1. The van der Waals surface area contributed by atoms with Crippen molar-refractivity contribution in [2.45, 2.75) is 13.8 Å². The number of hydrogen-bond acceptors (Lipinski definition) is 4. The van der Waals surface area contributed by atoms with E-state index in [-0.39, 0.29) is 0 Å². The zero-order valence-electron chi connectivity index (χ0n) is 12.1. The number of nitrogens with one attached hydrogen (secondary N) is 2. The Morgan fingerprint density at radius 3 is 2.71 bits per heavy atom. The summed E-state index contributed by atoms with van der Waals surface area (Å²) in [5, 5.41) is 3.33. The van der Waals surface area contributed by atoms with E-state index in [1.165, 1.54) is 0 Å². The van der Waals surface area contributed by atoms with Crippen LogP contribution in [0.3, 0.4) is 0 Å². The number of ether oxygens (including phenoxy) is 1. The molecule has 5 nitrogen and oxygen atoms in total. The number of hydrogen-bond donors (Lipinski definition) is 2. The van der Waals surface area contributed by atoms with Gasteiger partial charge in [0.15, 0.2) is 5.58 Å². The summed E-state index contributed by atoms with van der Waals surface area (Å²) < 4.78 is 10.4.